The summed E-state index contributed by atoms with van der Waals surface area (Å²) in [5.74, 6) is 1.76. The van der Waals surface area contributed by atoms with Crippen molar-refractivity contribution < 1.29 is 4.74 Å². The van der Waals surface area contributed by atoms with Gasteiger partial charge in [-0.05, 0) is 56.9 Å². The van der Waals surface area contributed by atoms with Crippen LogP contribution in [-0.2, 0) is 4.74 Å². The van der Waals surface area contributed by atoms with Crippen LogP contribution in [0.2, 0.25) is 0 Å². The zero-order chi connectivity index (χ0) is 21.5. The Labute approximate surface area is 190 Å². The molecule has 6 heteroatoms. The van der Waals surface area contributed by atoms with Crippen LogP contribution in [0.3, 0.4) is 0 Å². The molecule has 3 fully saturated rings. The zero-order valence-corrected chi connectivity index (χ0v) is 19.0. The minimum absolute atomic E-state index is 0.465. The van der Waals surface area contributed by atoms with Crippen molar-refractivity contribution in [1.29, 1.82) is 0 Å². The number of aromatic nitrogens is 3. The summed E-state index contributed by atoms with van der Waals surface area (Å²) >= 11 is 0. The van der Waals surface area contributed by atoms with E-state index in [1.807, 2.05) is 10.7 Å². The summed E-state index contributed by atoms with van der Waals surface area (Å²) < 4.78 is 7.54. The number of fused-ring (bicyclic) bond motifs is 1. The molecule has 4 heterocycles. The van der Waals surface area contributed by atoms with Gasteiger partial charge in [-0.2, -0.15) is 9.61 Å². The van der Waals surface area contributed by atoms with E-state index >= 15 is 0 Å². The molecule has 0 spiro atoms. The summed E-state index contributed by atoms with van der Waals surface area (Å²) in [6.07, 6.45) is 9.20. The molecule has 0 bridgehead atoms. The van der Waals surface area contributed by atoms with Gasteiger partial charge in [0.2, 0.25) is 0 Å². The molecule has 3 aliphatic rings. The van der Waals surface area contributed by atoms with Crippen molar-refractivity contribution in [3.8, 4) is 11.3 Å². The normalized spacial score (nSPS) is 21.3. The zero-order valence-electron chi connectivity index (χ0n) is 19.0. The predicted octanol–water partition coefficient (Wildman–Crippen LogP) is 4.64. The maximum atomic E-state index is 5.55. The van der Waals surface area contributed by atoms with Gasteiger partial charge >= 0.3 is 0 Å². The largest absolute Gasteiger partial charge is 0.381 e. The van der Waals surface area contributed by atoms with Crippen molar-refractivity contribution in [3.05, 3.63) is 47.7 Å². The van der Waals surface area contributed by atoms with Crippen LogP contribution in [0, 0.1) is 6.92 Å². The molecule has 1 saturated carbocycles. The van der Waals surface area contributed by atoms with Crippen molar-refractivity contribution in [2.75, 3.05) is 31.6 Å². The van der Waals surface area contributed by atoms with Gasteiger partial charge in [0.25, 0.3) is 0 Å². The van der Waals surface area contributed by atoms with Crippen molar-refractivity contribution >= 4 is 11.5 Å². The Morgan fingerprint density at radius 3 is 2.56 bits per heavy atom. The average molecular weight is 432 g/mol. The minimum atomic E-state index is 0.465. The maximum Gasteiger partial charge on any atom is 0.160 e. The second-order valence-electron chi connectivity index (χ2n) is 9.75. The van der Waals surface area contributed by atoms with E-state index in [-0.39, 0.29) is 0 Å². The Hall–Kier alpha value is -2.44. The summed E-state index contributed by atoms with van der Waals surface area (Å²) in [4.78, 5) is 7.72. The number of anilines is 1. The number of aryl methyl sites for hydroxylation is 1. The third-order valence-corrected chi connectivity index (χ3v) is 7.49. The second kappa shape index (κ2) is 8.49. The van der Waals surface area contributed by atoms with Crippen LogP contribution in [0.15, 0.2) is 36.5 Å². The first kappa shape index (κ1) is 20.2. The third kappa shape index (κ3) is 3.90. The van der Waals surface area contributed by atoms with E-state index in [9.17, 15) is 0 Å². The monoisotopic (exact) mass is 431 g/mol. The number of nitrogens with one attached hydrogen (secondary N) is 1. The van der Waals surface area contributed by atoms with Gasteiger partial charge in [-0.1, -0.05) is 24.3 Å². The van der Waals surface area contributed by atoms with E-state index in [4.69, 9.17) is 9.72 Å². The fraction of sp³-hybridized carbons (Fsp3) is 0.538. The minimum Gasteiger partial charge on any atom is -0.381 e. The molecule has 1 N–H and O–H groups in total. The number of ether oxygens (including phenoxy) is 1. The van der Waals surface area contributed by atoms with E-state index in [0.29, 0.717) is 18.0 Å². The van der Waals surface area contributed by atoms with Crippen molar-refractivity contribution in [2.24, 2.45) is 0 Å². The molecule has 32 heavy (non-hydrogen) atoms. The number of piperidine rings is 1. The second-order valence-corrected chi connectivity index (χ2v) is 9.75. The molecule has 2 saturated heterocycles. The number of hydrogen-bond acceptors (Lipinski definition) is 5. The molecule has 3 aromatic rings. The van der Waals surface area contributed by atoms with Gasteiger partial charge in [-0.3, -0.25) is 0 Å². The highest BCUT2D eigenvalue weighted by molar-refractivity contribution is 5.71. The Balaban J connectivity index is 1.26. The van der Waals surface area contributed by atoms with Crippen LogP contribution < -0.4 is 5.32 Å². The van der Waals surface area contributed by atoms with Crippen LogP contribution in [-0.4, -0.2) is 57.9 Å². The molecule has 0 atom stereocenters. The van der Waals surface area contributed by atoms with Gasteiger partial charge in [0.15, 0.2) is 5.65 Å². The lowest BCUT2D eigenvalue weighted by Gasteiger charge is -2.39. The summed E-state index contributed by atoms with van der Waals surface area (Å²) in [6, 6.07) is 12.2. The quantitative estimate of drug-likeness (QED) is 0.638. The number of benzene rings is 1. The fourth-order valence-corrected chi connectivity index (χ4v) is 5.46. The summed E-state index contributed by atoms with van der Waals surface area (Å²) in [7, 11) is 0. The Bertz CT molecular complexity index is 1090. The Morgan fingerprint density at radius 2 is 1.78 bits per heavy atom. The van der Waals surface area contributed by atoms with Gasteiger partial charge in [0.05, 0.1) is 11.9 Å². The molecule has 1 aliphatic carbocycles. The average Bonchev–Trinajstić information content (AvgIpc) is 3.63. The lowest BCUT2D eigenvalue weighted by atomic mass is 9.99. The molecular weight excluding hydrogens is 398 g/mol. The molecule has 0 amide bonds. The van der Waals surface area contributed by atoms with Gasteiger partial charge in [0, 0.05) is 55.6 Å². The van der Waals surface area contributed by atoms with Crippen molar-refractivity contribution in [1.82, 2.24) is 19.5 Å². The molecule has 0 unspecified atom stereocenters. The molecule has 168 valence electrons. The summed E-state index contributed by atoms with van der Waals surface area (Å²) in [5, 5.41) is 8.49. The number of hydrogen-bond donors (Lipinski definition) is 1. The predicted molar refractivity (Wildman–Crippen MR) is 127 cm³/mol. The number of rotatable bonds is 5. The highest BCUT2D eigenvalue weighted by Crippen LogP contribution is 2.44. The van der Waals surface area contributed by atoms with Crippen LogP contribution in [0.25, 0.3) is 16.9 Å². The van der Waals surface area contributed by atoms with Crippen LogP contribution in [0.4, 0.5) is 5.82 Å². The molecule has 6 rings (SSSR count). The molecule has 1 aromatic carbocycles. The van der Waals surface area contributed by atoms with Gasteiger partial charge in [-0.25, -0.2) is 4.98 Å². The first-order valence-corrected chi connectivity index (χ1v) is 12.3. The first-order chi connectivity index (χ1) is 15.8. The summed E-state index contributed by atoms with van der Waals surface area (Å²) in [6.45, 7) is 6.25. The van der Waals surface area contributed by atoms with Gasteiger partial charge in [-0.15, -0.1) is 0 Å². The third-order valence-electron chi connectivity index (χ3n) is 7.49. The van der Waals surface area contributed by atoms with E-state index < -0.39 is 0 Å². The van der Waals surface area contributed by atoms with Crippen LogP contribution in [0.1, 0.15) is 55.6 Å². The van der Waals surface area contributed by atoms with Crippen LogP contribution in [0.5, 0.6) is 0 Å². The SMILES string of the molecule is Cc1cnn2c(NC3CCN(C4CCOCC4)CC3)cc(-c3ccccc3C3CC3)nc12. The fourth-order valence-electron chi connectivity index (χ4n) is 5.46. The van der Waals surface area contributed by atoms with Crippen molar-refractivity contribution in [2.45, 2.75) is 63.5 Å². The molecule has 2 aliphatic heterocycles. The highest BCUT2D eigenvalue weighted by Gasteiger charge is 2.28. The Kier molecular flexibility index (Phi) is 5.35. The molecule has 6 nitrogen and oxygen atoms in total. The lowest BCUT2D eigenvalue weighted by Crippen LogP contribution is -2.46. The van der Waals surface area contributed by atoms with Gasteiger partial charge < -0.3 is 15.0 Å². The standard InChI is InChI=1S/C26H33N5O/c1-18-17-27-31-25(28-20-8-12-30(13-9-20)21-10-14-32-15-11-21)16-24(29-26(18)31)23-5-3-2-4-22(23)19-6-7-19/h2-5,16-17,19-21,28H,6-15H2,1H3. The molecule has 2 aromatic heterocycles. The Morgan fingerprint density at radius 1 is 1.00 bits per heavy atom. The smallest absolute Gasteiger partial charge is 0.160 e. The number of nitrogens with zero attached hydrogens (tertiary/aromatic N) is 4. The van der Waals surface area contributed by atoms with Gasteiger partial charge in [0.1, 0.15) is 5.82 Å². The highest BCUT2D eigenvalue weighted by atomic mass is 16.5. The lowest BCUT2D eigenvalue weighted by molar-refractivity contribution is 0.0262. The van der Waals surface area contributed by atoms with E-state index in [1.54, 1.807) is 0 Å². The number of likely N-dealkylation sites (tertiary alicyclic amines) is 1. The topological polar surface area (TPSA) is 54.7 Å². The van der Waals surface area contributed by atoms with E-state index in [0.717, 1.165) is 61.9 Å². The van der Waals surface area contributed by atoms with Crippen LogP contribution >= 0.6 is 0 Å². The molecule has 0 radical (unpaired) electrons. The van der Waals surface area contributed by atoms with E-state index in [1.165, 1.54) is 36.8 Å². The maximum absolute atomic E-state index is 5.55. The van der Waals surface area contributed by atoms with E-state index in [2.05, 4.69) is 52.6 Å². The summed E-state index contributed by atoms with van der Waals surface area (Å²) in [5.41, 5.74) is 5.85. The van der Waals surface area contributed by atoms with Crippen molar-refractivity contribution in [3.63, 3.8) is 0 Å². The molecular formula is C26H33N5O. The first-order valence-electron chi connectivity index (χ1n) is 12.3.